The molecule has 126 valence electrons. The Labute approximate surface area is 161 Å². The van der Waals surface area contributed by atoms with Crippen LogP contribution in [0.25, 0.3) is 22.2 Å². The van der Waals surface area contributed by atoms with Crippen LogP contribution in [0.2, 0.25) is 0 Å². The minimum Gasteiger partial charge on any atom is -0.334 e. The van der Waals surface area contributed by atoms with E-state index in [0.717, 1.165) is 20.7 Å². The van der Waals surface area contributed by atoms with Gasteiger partial charge in [0.2, 0.25) is 0 Å². The quantitative estimate of drug-likeness (QED) is 0.483. The van der Waals surface area contributed by atoms with Crippen LogP contribution in [0.1, 0.15) is 16.9 Å². The molecule has 4 rings (SSSR count). The van der Waals surface area contributed by atoms with Crippen LogP contribution in [0, 0.1) is 0 Å². The third kappa shape index (κ3) is 3.14. The molecule has 0 saturated heterocycles. The third-order valence-corrected chi connectivity index (χ3v) is 5.47. The van der Waals surface area contributed by atoms with Crippen molar-refractivity contribution in [2.24, 2.45) is 7.05 Å². The van der Waals surface area contributed by atoms with E-state index in [0.29, 0.717) is 17.5 Å². The summed E-state index contributed by atoms with van der Waals surface area (Å²) in [5, 5.41) is 14.1. The highest BCUT2D eigenvalue weighted by molar-refractivity contribution is 9.10. The lowest BCUT2D eigenvalue weighted by Gasteiger charge is -2.06. The maximum Gasteiger partial charge on any atom is 0.258 e. The Balaban J connectivity index is 1.65. The molecule has 4 aromatic rings. The van der Waals surface area contributed by atoms with E-state index in [1.165, 1.54) is 0 Å². The van der Waals surface area contributed by atoms with E-state index in [-0.39, 0.29) is 0 Å². The zero-order valence-corrected chi connectivity index (χ0v) is 16.3. The molecule has 0 bridgehead atoms. The van der Waals surface area contributed by atoms with Crippen LogP contribution in [0.15, 0.2) is 50.8 Å². The van der Waals surface area contributed by atoms with Gasteiger partial charge >= 0.3 is 0 Å². The van der Waals surface area contributed by atoms with Gasteiger partial charge in [-0.25, -0.2) is 0 Å². The van der Waals surface area contributed by atoms with Crippen molar-refractivity contribution in [1.29, 1.82) is 0 Å². The monoisotopic (exact) mass is 433 g/mol. The van der Waals surface area contributed by atoms with E-state index >= 15 is 0 Å². The molecule has 3 heterocycles. The van der Waals surface area contributed by atoms with Gasteiger partial charge in [-0.05, 0) is 29.6 Å². The SMILES string of the molecule is Cn1c(-c2cccs2)nnc1C(S)c1noc(-c2cccc(Br)c2)n1. The van der Waals surface area contributed by atoms with Crippen LogP contribution in [0.4, 0.5) is 0 Å². The van der Waals surface area contributed by atoms with E-state index in [1.54, 1.807) is 11.3 Å². The molecule has 0 radical (unpaired) electrons. The van der Waals surface area contributed by atoms with Gasteiger partial charge in [-0.2, -0.15) is 17.6 Å². The van der Waals surface area contributed by atoms with E-state index in [1.807, 2.05) is 53.4 Å². The van der Waals surface area contributed by atoms with Gasteiger partial charge in [0.1, 0.15) is 5.25 Å². The molecular formula is C16H12BrN5OS2. The summed E-state index contributed by atoms with van der Waals surface area (Å²) in [6.45, 7) is 0. The molecule has 1 atom stereocenters. The van der Waals surface area contributed by atoms with E-state index in [2.05, 4.69) is 48.9 Å². The van der Waals surface area contributed by atoms with Crippen molar-refractivity contribution >= 4 is 39.9 Å². The van der Waals surface area contributed by atoms with Gasteiger partial charge < -0.3 is 9.09 Å². The fourth-order valence-corrected chi connectivity index (χ4v) is 3.87. The van der Waals surface area contributed by atoms with Crippen molar-refractivity contribution in [3.8, 4) is 22.2 Å². The molecule has 6 nitrogen and oxygen atoms in total. The number of halogens is 1. The molecule has 0 aliphatic rings. The molecule has 25 heavy (non-hydrogen) atoms. The number of benzene rings is 1. The summed E-state index contributed by atoms with van der Waals surface area (Å²) >= 11 is 9.67. The molecule has 3 aromatic heterocycles. The molecule has 0 aliphatic carbocycles. The molecule has 0 N–H and O–H groups in total. The van der Waals surface area contributed by atoms with Gasteiger partial charge in [0.15, 0.2) is 17.5 Å². The second-order valence-corrected chi connectivity index (χ2v) is 7.67. The first-order valence-corrected chi connectivity index (χ1v) is 9.53. The Morgan fingerprint density at radius 1 is 1.24 bits per heavy atom. The minimum atomic E-state index is -0.434. The Bertz CT molecular complexity index is 1010. The van der Waals surface area contributed by atoms with Gasteiger partial charge in [0.05, 0.1) is 4.88 Å². The predicted molar refractivity (Wildman–Crippen MR) is 103 cm³/mol. The first-order valence-electron chi connectivity index (χ1n) is 7.34. The smallest absolute Gasteiger partial charge is 0.258 e. The molecule has 0 saturated carbocycles. The average Bonchev–Trinajstić information content (AvgIpc) is 3.35. The zero-order chi connectivity index (χ0) is 17.4. The number of aromatic nitrogens is 5. The Kier molecular flexibility index (Phi) is 4.45. The number of rotatable bonds is 4. The van der Waals surface area contributed by atoms with Crippen molar-refractivity contribution in [3.05, 3.63) is 57.9 Å². The molecule has 1 aromatic carbocycles. The highest BCUT2D eigenvalue weighted by Crippen LogP contribution is 2.30. The Morgan fingerprint density at radius 3 is 2.88 bits per heavy atom. The largest absolute Gasteiger partial charge is 0.334 e. The average molecular weight is 434 g/mol. The van der Waals surface area contributed by atoms with Crippen LogP contribution >= 0.6 is 39.9 Å². The van der Waals surface area contributed by atoms with Gasteiger partial charge in [0, 0.05) is 17.1 Å². The summed E-state index contributed by atoms with van der Waals surface area (Å²) in [6, 6.07) is 11.7. The van der Waals surface area contributed by atoms with Crippen LogP contribution in [0.3, 0.4) is 0 Å². The number of thiol groups is 1. The van der Waals surface area contributed by atoms with Crippen molar-refractivity contribution in [3.63, 3.8) is 0 Å². The van der Waals surface area contributed by atoms with Crippen LogP contribution in [-0.2, 0) is 7.05 Å². The molecule has 1 unspecified atom stereocenters. The fraction of sp³-hybridized carbons (Fsp3) is 0.125. The highest BCUT2D eigenvalue weighted by Gasteiger charge is 2.24. The van der Waals surface area contributed by atoms with Crippen LogP contribution in [-0.4, -0.2) is 24.9 Å². The number of thiophene rings is 1. The van der Waals surface area contributed by atoms with E-state index in [4.69, 9.17) is 4.52 Å². The van der Waals surface area contributed by atoms with Crippen LogP contribution in [0.5, 0.6) is 0 Å². The summed E-state index contributed by atoms with van der Waals surface area (Å²) in [6.07, 6.45) is 0. The standard InChI is InChI=1S/C16H12BrN5OS2/c1-22-14(11-6-3-7-25-11)19-20-15(22)12(24)13-18-16(23-21-13)9-4-2-5-10(17)8-9/h2-8,12,24H,1H3. The second kappa shape index (κ2) is 6.74. The number of hydrogen-bond donors (Lipinski definition) is 1. The summed E-state index contributed by atoms with van der Waals surface area (Å²) < 4.78 is 8.23. The Hall–Kier alpha value is -1.97. The van der Waals surface area contributed by atoms with Gasteiger partial charge in [0.25, 0.3) is 5.89 Å². The fourth-order valence-electron chi connectivity index (χ4n) is 2.40. The lowest BCUT2D eigenvalue weighted by molar-refractivity contribution is 0.423. The second-order valence-electron chi connectivity index (χ2n) is 5.29. The Morgan fingerprint density at radius 2 is 2.12 bits per heavy atom. The van der Waals surface area contributed by atoms with Crippen LogP contribution < -0.4 is 0 Å². The van der Waals surface area contributed by atoms with E-state index in [9.17, 15) is 0 Å². The molecule has 0 spiro atoms. The van der Waals surface area contributed by atoms with Gasteiger partial charge in [-0.15, -0.1) is 21.5 Å². The van der Waals surface area contributed by atoms with Gasteiger partial charge in [-0.1, -0.05) is 33.2 Å². The van der Waals surface area contributed by atoms with Crippen molar-refractivity contribution < 1.29 is 4.52 Å². The van der Waals surface area contributed by atoms with E-state index < -0.39 is 5.25 Å². The van der Waals surface area contributed by atoms with Crippen molar-refractivity contribution in [1.82, 2.24) is 24.9 Å². The van der Waals surface area contributed by atoms with Crippen molar-refractivity contribution in [2.45, 2.75) is 5.25 Å². The minimum absolute atomic E-state index is 0.434. The summed E-state index contributed by atoms with van der Waals surface area (Å²) in [4.78, 5) is 5.50. The normalized spacial score (nSPS) is 12.4. The summed E-state index contributed by atoms with van der Waals surface area (Å²) in [5.41, 5.74) is 0.839. The maximum absolute atomic E-state index is 5.38. The van der Waals surface area contributed by atoms with Gasteiger partial charge in [-0.3, -0.25) is 0 Å². The lowest BCUT2D eigenvalue weighted by Crippen LogP contribution is -2.05. The molecule has 0 fully saturated rings. The topological polar surface area (TPSA) is 69.6 Å². The van der Waals surface area contributed by atoms with Crippen molar-refractivity contribution in [2.75, 3.05) is 0 Å². The number of hydrogen-bond acceptors (Lipinski definition) is 7. The maximum atomic E-state index is 5.38. The highest BCUT2D eigenvalue weighted by atomic mass is 79.9. The predicted octanol–water partition coefficient (Wildman–Crippen LogP) is 4.38. The first-order chi connectivity index (χ1) is 12.1. The molecule has 9 heteroatoms. The summed E-state index contributed by atoms with van der Waals surface area (Å²) in [5.74, 6) is 2.34. The molecular weight excluding hydrogens is 422 g/mol. The number of nitrogens with zero attached hydrogens (tertiary/aromatic N) is 5. The molecule has 0 amide bonds. The third-order valence-electron chi connectivity index (χ3n) is 3.65. The lowest BCUT2D eigenvalue weighted by atomic mass is 10.2. The summed E-state index contributed by atoms with van der Waals surface area (Å²) in [7, 11) is 1.91. The molecule has 0 aliphatic heterocycles. The first kappa shape index (κ1) is 16.5. The zero-order valence-electron chi connectivity index (χ0n) is 13.0.